The normalized spacial score (nSPS) is 17.7. The quantitative estimate of drug-likeness (QED) is 0.876. The molecule has 0 saturated carbocycles. The molecule has 0 radical (unpaired) electrons. The van der Waals surface area contributed by atoms with E-state index < -0.39 is 17.7 Å². The molecule has 1 aromatic heterocycles. The van der Waals surface area contributed by atoms with Crippen LogP contribution in [0.2, 0.25) is 0 Å². The highest BCUT2D eigenvalue weighted by Gasteiger charge is 2.43. The van der Waals surface area contributed by atoms with Crippen LogP contribution in [0.5, 0.6) is 5.75 Å². The summed E-state index contributed by atoms with van der Waals surface area (Å²) in [5, 5.41) is 12.0. The Balaban J connectivity index is 2.14. The lowest BCUT2D eigenvalue weighted by Gasteiger charge is -2.24. The fourth-order valence-electron chi connectivity index (χ4n) is 2.75. The highest BCUT2D eigenvalue weighted by molar-refractivity contribution is 7.12. The molecule has 0 aliphatic carbocycles. The molecule has 1 amide bonds. The van der Waals surface area contributed by atoms with Crippen LogP contribution in [0.3, 0.4) is 0 Å². The number of ether oxygens (including phenoxy) is 1. The Morgan fingerprint density at radius 3 is 2.65 bits per heavy atom. The van der Waals surface area contributed by atoms with E-state index in [1.54, 1.807) is 42.8 Å². The first-order valence-corrected chi connectivity index (χ1v) is 7.85. The average molecular weight is 329 g/mol. The number of thiophene rings is 1. The smallest absolute Gasteiger partial charge is 0.289 e. The molecule has 1 aromatic carbocycles. The second kappa shape index (κ2) is 5.89. The SMILES string of the molecule is COc1ccccc1C1C(C(=O)c2cccs2)=C(O)C(=O)N1C. The Hall–Kier alpha value is -2.60. The van der Waals surface area contributed by atoms with Crippen LogP contribution in [0.15, 0.2) is 53.1 Å². The fourth-order valence-corrected chi connectivity index (χ4v) is 3.43. The molecule has 1 N–H and O–H groups in total. The summed E-state index contributed by atoms with van der Waals surface area (Å²) in [5.74, 6) is -0.850. The number of nitrogens with zero attached hydrogens (tertiary/aromatic N) is 1. The zero-order chi connectivity index (χ0) is 16.6. The van der Waals surface area contributed by atoms with Crippen LogP contribution >= 0.6 is 11.3 Å². The lowest BCUT2D eigenvalue weighted by Crippen LogP contribution is -2.27. The molecule has 6 heteroatoms. The van der Waals surface area contributed by atoms with Gasteiger partial charge in [0.05, 0.1) is 23.6 Å². The number of para-hydroxylation sites is 1. The van der Waals surface area contributed by atoms with Crippen molar-refractivity contribution in [2.75, 3.05) is 14.2 Å². The Kier molecular flexibility index (Phi) is 3.92. The summed E-state index contributed by atoms with van der Waals surface area (Å²) < 4.78 is 5.34. The lowest BCUT2D eigenvalue weighted by molar-refractivity contribution is -0.128. The maximum Gasteiger partial charge on any atom is 0.289 e. The van der Waals surface area contributed by atoms with Gasteiger partial charge in [-0.2, -0.15) is 0 Å². The van der Waals surface area contributed by atoms with Crippen LogP contribution < -0.4 is 4.74 Å². The highest BCUT2D eigenvalue weighted by Crippen LogP contribution is 2.41. The van der Waals surface area contributed by atoms with Gasteiger partial charge in [0.1, 0.15) is 5.75 Å². The van der Waals surface area contributed by atoms with E-state index in [1.165, 1.54) is 23.3 Å². The van der Waals surface area contributed by atoms with Crippen LogP contribution in [-0.4, -0.2) is 35.9 Å². The summed E-state index contributed by atoms with van der Waals surface area (Å²) >= 11 is 1.27. The predicted octanol–water partition coefficient (Wildman–Crippen LogP) is 2.96. The first kappa shape index (κ1) is 15.3. The lowest BCUT2D eigenvalue weighted by atomic mass is 9.95. The number of hydrogen-bond donors (Lipinski definition) is 1. The highest BCUT2D eigenvalue weighted by atomic mass is 32.1. The Bertz CT molecular complexity index is 795. The predicted molar refractivity (Wildman–Crippen MR) is 86.8 cm³/mol. The van der Waals surface area contributed by atoms with Crippen molar-refractivity contribution in [3.8, 4) is 5.75 Å². The van der Waals surface area contributed by atoms with E-state index in [0.29, 0.717) is 16.2 Å². The van der Waals surface area contributed by atoms with Crippen molar-refractivity contribution in [2.24, 2.45) is 0 Å². The maximum atomic E-state index is 12.8. The summed E-state index contributed by atoms with van der Waals surface area (Å²) in [6, 6.07) is 9.92. The Morgan fingerprint density at radius 2 is 2.00 bits per heavy atom. The summed E-state index contributed by atoms with van der Waals surface area (Å²) in [7, 11) is 3.09. The molecular weight excluding hydrogens is 314 g/mol. The molecule has 118 valence electrons. The van der Waals surface area contributed by atoms with E-state index in [4.69, 9.17) is 4.74 Å². The van der Waals surface area contributed by atoms with Crippen LogP contribution in [0.4, 0.5) is 0 Å². The van der Waals surface area contributed by atoms with E-state index >= 15 is 0 Å². The van der Waals surface area contributed by atoms with Gasteiger partial charge in [-0.15, -0.1) is 11.3 Å². The van der Waals surface area contributed by atoms with Gasteiger partial charge in [-0.1, -0.05) is 24.3 Å². The van der Waals surface area contributed by atoms with Gasteiger partial charge < -0.3 is 14.7 Å². The number of rotatable bonds is 4. The second-order valence-electron chi connectivity index (χ2n) is 5.13. The number of hydrogen-bond acceptors (Lipinski definition) is 5. The van der Waals surface area contributed by atoms with E-state index in [-0.39, 0.29) is 11.4 Å². The number of ketones is 1. The van der Waals surface area contributed by atoms with Gasteiger partial charge in [0, 0.05) is 12.6 Å². The third kappa shape index (κ3) is 2.41. The van der Waals surface area contributed by atoms with Gasteiger partial charge in [-0.05, 0) is 17.5 Å². The van der Waals surface area contributed by atoms with Crippen molar-refractivity contribution in [3.63, 3.8) is 0 Å². The third-order valence-electron chi connectivity index (χ3n) is 3.86. The molecule has 0 saturated heterocycles. The number of aliphatic hydroxyl groups is 1. The number of aliphatic hydroxyl groups excluding tert-OH is 1. The van der Waals surface area contributed by atoms with Crippen molar-refractivity contribution < 1.29 is 19.4 Å². The van der Waals surface area contributed by atoms with Crippen molar-refractivity contribution in [1.29, 1.82) is 0 Å². The molecule has 1 aliphatic rings. The van der Waals surface area contributed by atoms with E-state index in [0.717, 1.165) is 0 Å². The molecule has 1 atom stereocenters. The molecular formula is C17H15NO4S. The van der Waals surface area contributed by atoms with Gasteiger partial charge in [0.25, 0.3) is 5.91 Å². The summed E-state index contributed by atoms with van der Waals surface area (Å²) in [4.78, 5) is 26.8. The van der Waals surface area contributed by atoms with Crippen LogP contribution in [0.25, 0.3) is 0 Å². The van der Waals surface area contributed by atoms with Gasteiger partial charge >= 0.3 is 0 Å². The monoisotopic (exact) mass is 329 g/mol. The zero-order valence-corrected chi connectivity index (χ0v) is 13.5. The first-order chi connectivity index (χ1) is 11.1. The van der Waals surface area contributed by atoms with Crippen LogP contribution in [0.1, 0.15) is 21.3 Å². The molecule has 5 nitrogen and oxygen atoms in total. The second-order valence-corrected chi connectivity index (χ2v) is 6.08. The minimum Gasteiger partial charge on any atom is -0.503 e. The zero-order valence-electron chi connectivity index (χ0n) is 12.6. The topological polar surface area (TPSA) is 66.8 Å². The molecule has 2 aromatic rings. The first-order valence-electron chi connectivity index (χ1n) is 6.97. The standard InChI is InChI=1S/C17H15NO4S/c1-18-14(10-6-3-4-7-11(10)22-2)13(16(20)17(18)21)15(19)12-8-5-9-23-12/h3-9,14,20H,1-2H3. The van der Waals surface area contributed by atoms with Crippen LogP contribution in [-0.2, 0) is 4.79 Å². The summed E-state index contributed by atoms with van der Waals surface area (Å²) in [6.45, 7) is 0. The number of carbonyl (C=O) groups excluding carboxylic acids is 2. The number of benzene rings is 1. The molecule has 1 aliphatic heterocycles. The van der Waals surface area contributed by atoms with Gasteiger partial charge in [-0.25, -0.2) is 0 Å². The van der Waals surface area contributed by atoms with Crippen molar-refractivity contribution in [1.82, 2.24) is 4.90 Å². The number of carbonyl (C=O) groups is 2. The van der Waals surface area contributed by atoms with E-state index in [2.05, 4.69) is 0 Å². The average Bonchev–Trinajstić information content (AvgIpc) is 3.18. The molecule has 1 unspecified atom stereocenters. The number of amides is 1. The number of Topliss-reactive ketones (excluding diaryl/α,β-unsaturated/α-hetero) is 1. The van der Waals surface area contributed by atoms with Gasteiger partial charge in [-0.3, -0.25) is 9.59 Å². The molecule has 3 rings (SSSR count). The molecule has 23 heavy (non-hydrogen) atoms. The molecule has 0 bridgehead atoms. The minimum atomic E-state index is -0.673. The Labute approximate surface area is 137 Å². The summed E-state index contributed by atoms with van der Waals surface area (Å²) in [5.41, 5.74) is 0.749. The number of methoxy groups -OCH3 is 1. The van der Waals surface area contributed by atoms with E-state index in [1.807, 2.05) is 6.07 Å². The fraction of sp³-hybridized carbons (Fsp3) is 0.176. The minimum absolute atomic E-state index is 0.0875. The van der Waals surface area contributed by atoms with E-state index in [9.17, 15) is 14.7 Å². The maximum absolute atomic E-state index is 12.8. The van der Waals surface area contributed by atoms with Gasteiger partial charge in [0.15, 0.2) is 5.76 Å². The van der Waals surface area contributed by atoms with Crippen molar-refractivity contribution in [3.05, 3.63) is 63.6 Å². The van der Waals surface area contributed by atoms with Crippen LogP contribution in [0, 0.1) is 0 Å². The molecule has 2 heterocycles. The largest absolute Gasteiger partial charge is 0.503 e. The molecule has 0 spiro atoms. The Morgan fingerprint density at radius 1 is 1.26 bits per heavy atom. The molecule has 0 fully saturated rings. The number of likely N-dealkylation sites (N-methyl/N-ethyl adjacent to an activating group) is 1. The van der Waals surface area contributed by atoms with Crippen molar-refractivity contribution in [2.45, 2.75) is 6.04 Å². The third-order valence-corrected chi connectivity index (χ3v) is 4.73. The van der Waals surface area contributed by atoms with Crippen molar-refractivity contribution >= 4 is 23.0 Å². The van der Waals surface area contributed by atoms with Gasteiger partial charge in [0.2, 0.25) is 5.78 Å². The summed E-state index contributed by atoms with van der Waals surface area (Å²) in [6.07, 6.45) is 0.